The number of nitrogens with zero attached hydrogens (tertiary/aromatic N) is 2. The predicted octanol–water partition coefficient (Wildman–Crippen LogP) is 3.22. The van der Waals surface area contributed by atoms with E-state index >= 15 is 0 Å². The number of likely N-dealkylation sites (tertiary alicyclic amines) is 1. The van der Waals surface area contributed by atoms with Crippen molar-refractivity contribution in [3.8, 4) is 0 Å². The lowest BCUT2D eigenvalue weighted by atomic mass is 10.1. The summed E-state index contributed by atoms with van der Waals surface area (Å²) >= 11 is 0. The molecule has 0 spiro atoms. The van der Waals surface area contributed by atoms with Crippen molar-refractivity contribution >= 4 is 10.9 Å². The summed E-state index contributed by atoms with van der Waals surface area (Å²) in [6.07, 6.45) is 8.08. The highest BCUT2D eigenvalue weighted by molar-refractivity contribution is 5.84. The quantitative estimate of drug-likeness (QED) is 0.850. The Morgan fingerprint density at radius 1 is 1.14 bits per heavy atom. The zero-order chi connectivity index (χ0) is 15.4. The van der Waals surface area contributed by atoms with Gasteiger partial charge in [0.25, 0.3) is 0 Å². The second kappa shape index (κ2) is 7.30. The maximum absolute atomic E-state index is 9.12. The third-order valence-corrected chi connectivity index (χ3v) is 4.89. The molecule has 0 unspecified atom stereocenters. The lowest BCUT2D eigenvalue weighted by molar-refractivity contribution is 0.280. The van der Waals surface area contributed by atoms with Gasteiger partial charge in [0.2, 0.25) is 0 Å². The van der Waals surface area contributed by atoms with Crippen LogP contribution in [0.4, 0.5) is 0 Å². The van der Waals surface area contributed by atoms with Gasteiger partial charge in [-0.1, -0.05) is 13.0 Å². The van der Waals surface area contributed by atoms with Gasteiger partial charge in [0, 0.05) is 36.8 Å². The molecule has 0 atom stereocenters. The first-order chi connectivity index (χ1) is 10.8. The van der Waals surface area contributed by atoms with Crippen molar-refractivity contribution in [2.45, 2.75) is 45.6 Å². The molecule has 1 fully saturated rings. The average molecular weight is 300 g/mol. The minimum atomic E-state index is 0.260. The highest BCUT2D eigenvalue weighted by Crippen LogP contribution is 2.25. The Morgan fingerprint density at radius 3 is 2.68 bits per heavy atom. The molecule has 120 valence electrons. The molecule has 0 amide bonds. The maximum Gasteiger partial charge on any atom is 0.0483 e. The standard InChI is InChI=1S/C19H28N2O/c1-2-16-6-7-19-18(14-16)17(15-21(19)11-5-13-22)8-12-20-9-3-4-10-20/h6-7,14-15,22H,2-5,8-13H2,1H3. The Labute approximate surface area is 133 Å². The molecule has 1 aliphatic heterocycles. The predicted molar refractivity (Wildman–Crippen MR) is 92.4 cm³/mol. The molecule has 0 bridgehead atoms. The molecule has 3 rings (SSSR count). The van der Waals surface area contributed by atoms with Gasteiger partial charge in [-0.05, 0) is 68.5 Å². The van der Waals surface area contributed by atoms with Crippen molar-refractivity contribution in [3.05, 3.63) is 35.5 Å². The van der Waals surface area contributed by atoms with Crippen LogP contribution in [0, 0.1) is 0 Å². The van der Waals surface area contributed by atoms with Crippen molar-refractivity contribution in [2.75, 3.05) is 26.2 Å². The summed E-state index contributed by atoms with van der Waals surface area (Å²) in [5.74, 6) is 0. The van der Waals surface area contributed by atoms with E-state index in [-0.39, 0.29) is 6.61 Å². The molecule has 2 aromatic rings. The summed E-state index contributed by atoms with van der Waals surface area (Å²) in [5.41, 5.74) is 4.20. The molecule has 1 saturated heterocycles. The second-order valence-corrected chi connectivity index (χ2v) is 6.43. The molecule has 1 aliphatic rings. The monoisotopic (exact) mass is 300 g/mol. The van der Waals surface area contributed by atoms with Gasteiger partial charge in [0.1, 0.15) is 0 Å². The van der Waals surface area contributed by atoms with Gasteiger partial charge in [0.15, 0.2) is 0 Å². The minimum absolute atomic E-state index is 0.260. The van der Waals surface area contributed by atoms with E-state index < -0.39 is 0 Å². The van der Waals surface area contributed by atoms with Crippen LogP contribution in [-0.4, -0.2) is 40.8 Å². The maximum atomic E-state index is 9.12. The highest BCUT2D eigenvalue weighted by Gasteiger charge is 2.14. The van der Waals surface area contributed by atoms with Crippen molar-refractivity contribution in [2.24, 2.45) is 0 Å². The van der Waals surface area contributed by atoms with Gasteiger partial charge >= 0.3 is 0 Å². The number of aromatic nitrogens is 1. The molecule has 3 heteroatoms. The van der Waals surface area contributed by atoms with E-state index in [4.69, 9.17) is 5.11 Å². The Balaban J connectivity index is 1.85. The van der Waals surface area contributed by atoms with Gasteiger partial charge in [-0.3, -0.25) is 0 Å². The van der Waals surface area contributed by atoms with Crippen LogP contribution >= 0.6 is 0 Å². The fourth-order valence-corrected chi connectivity index (χ4v) is 3.55. The summed E-state index contributed by atoms with van der Waals surface area (Å²) in [5, 5.41) is 10.5. The van der Waals surface area contributed by atoms with Crippen LogP contribution in [0.15, 0.2) is 24.4 Å². The second-order valence-electron chi connectivity index (χ2n) is 6.43. The van der Waals surface area contributed by atoms with Gasteiger partial charge in [0.05, 0.1) is 0 Å². The van der Waals surface area contributed by atoms with E-state index in [2.05, 4.69) is 40.8 Å². The van der Waals surface area contributed by atoms with E-state index in [1.807, 2.05) is 0 Å². The SMILES string of the molecule is CCc1ccc2c(c1)c(CCN1CCCC1)cn2CCCO. The van der Waals surface area contributed by atoms with Gasteiger partial charge in [-0.15, -0.1) is 0 Å². The molecule has 0 aliphatic carbocycles. The van der Waals surface area contributed by atoms with E-state index in [9.17, 15) is 0 Å². The van der Waals surface area contributed by atoms with Crippen LogP contribution in [0.2, 0.25) is 0 Å². The van der Waals surface area contributed by atoms with Crippen molar-refractivity contribution in [1.82, 2.24) is 9.47 Å². The summed E-state index contributed by atoms with van der Waals surface area (Å²) in [6.45, 7) is 7.09. The van der Waals surface area contributed by atoms with Crippen LogP contribution in [0.25, 0.3) is 10.9 Å². The topological polar surface area (TPSA) is 28.4 Å². The van der Waals surface area contributed by atoms with Crippen LogP contribution in [0.5, 0.6) is 0 Å². The van der Waals surface area contributed by atoms with Crippen LogP contribution in [0.1, 0.15) is 37.3 Å². The number of rotatable bonds is 7. The molecule has 3 nitrogen and oxygen atoms in total. The number of hydrogen-bond donors (Lipinski definition) is 1. The van der Waals surface area contributed by atoms with Crippen LogP contribution in [0.3, 0.4) is 0 Å². The molecule has 2 heterocycles. The summed E-state index contributed by atoms with van der Waals surface area (Å²) in [7, 11) is 0. The van der Waals surface area contributed by atoms with Gasteiger partial charge in [-0.2, -0.15) is 0 Å². The lowest BCUT2D eigenvalue weighted by Crippen LogP contribution is -2.21. The number of aliphatic hydroxyl groups is 1. The molecule has 1 aromatic heterocycles. The first-order valence-electron chi connectivity index (χ1n) is 8.75. The smallest absolute Gasteiger partial charge is 0.0483 e. The summed E-state index contributed by atoms with van der Waals surface area (Å²) in [6, 6.07) is 6.86. The zero-order valence-electron chi connectivity index (χ0n) is 13.7. The molecule has 1 aromatic carbocycles. The molecule has 0 radical (unpaired) electrons. The molecule has 0 saturated carbocycles. The number of aryl methyl sites for hydroxylation is 2. The minimum Gasteiger partial charge on any atom is -0.396 e. The highest BCUT2D eigenvalue weighted by atomic mass is 16.3. The third kappa shape index (κ3) is 3.36. The summed E-state index contributed by atoms with van der Waals surface area (Å²) < 4.78 is 2.32. The molecule has 1 N–H and O–H groups in total. The van der Waals surface area contributed by atoms with E-state index in [1.54, 1.807) is 0 Å². The molecular formula is C19H28N2O. The molecular weight excluding hydrogens is 272 g/mol. The fraction of sp³-hybridized carbons (Fsp3) is 0.579. The first kappa shape index (κ1) is 15.6. The molecule has 22 heavy (non-hydrogen) atoms. The van der Waals surface area contributed by atoms with Crippen molar-refractivity contribution < 1.29 is 5.11 Å². The summed E-state index contributed by atoms with van der Waals surface area (Å²) in [4.78, 5) is 2.58. The fourth-order valence-electron chi connectivity index (χ4n) is 3.55. The Hall–Kier alpha value is -1.32. The Morgan fingerprint density at radius 2 is 1.95 bits per heavy atom. The number of aliphatic hydroxyl groups excluding tert-OH is 1. The lowest BCUT2D eigenvalue weighted by Gasteiger charge is -2.13. The number of hydrogen-bond acceptors (Lipinski definition) is 2. The Kier molecular flexibility index (Phi) is 5.16. The van der Waals surface area contributed by atoms with Gasteiger partial charge in [-0.25, -0.2) is 0 Å². The Bertz CT molecular complexity index is 611. The average Bonchev–Trinajstić information content (AvgIpc) is 3.18. The zero-order valence-corrected chi connectivity index (χ0v) is 13.7. The first-order valence-corrected chi connectivity index (χ1v) is 8.75. The van der Waals surface area contributed by atoms with Crippen LogP contribution < -0.4 is 0 Å². The van der Waals surface area contributed by atoms with E-state index in [0.29, 0.717) is 0 Å². The number of benzene rings is 1. The van der Waals surface area contributed by atoms with Crippen molar-refractivity contribution in [3.63, 3.8) is 0 Å². The van der Waals surface area contributed by atoms with Crippen LogP contribution in [-0.2, 0) is 19.4 Å². The third-order valence-electron chi connectivity index (χ3n) is 4.89. The van der Waals surface area contributed by atoms with E-state index in [0.717, 1.165) is 25.8 Å². The van der Waals surface area contributed by atoms with E-state index in [1.165, 1.54) is 54.5 Å². The number of fused-ring (bicyclic) bond motifs is 1. The normalized spacial score (nSPS) is 15.9. The largest absolute Gasteiger partial charge is 0.396 e. The van der Waals surface area contributed by atoms with Crippen molar-refractivity contribution in [1.29, 1.82) is 0 Å². The van der Waals surface area contributed by atoms with Gasteiger partial charge < -0.3 is 14.6 Å².